The SMILES string of the molecule is CCN(CC(=O)Nc1ccccc1Oc1ccc(C)cc1)C(C)CS(C)(=O)=O. The van der Waals surface area contributed by atoms with Crippen LogP contribution in [0.5, 0.6) is 11.5 Å². The number of nitrogens with zero attached hydrogens (tertiary/aromatic N) is 1. The lowest BCUT2D eigenvalue weighted by molar-refractivity contribution is -0.117. The van der Waals surface area contributed by atoms with Crippen LogP contribution in [-0.4, -0.2) is 50.4 Å². The molecule has 0 fully saturated rings. The normalized spacial score (nSPS) is 12.6. The van der Waals surface area contributed by atoms with Crippen LogP contribution >= 0.6 is 0 Å². The Hall–Kier alpha value is -2.38. The van der Waals surface area contributed by atoms with Gasteiger partial charge in [0.15, 0.2) is 5.75 Å². The molecule has 0 aromatic heterocycles. The van der Waals surface area contributed by atoms with E-state index in [1.165, 1.54) is 6.26 Å². The first kappa shape index (κ1) is 21.9. The second kappa shape index (κ2) is 9.71. The van der Waals surface area contributed by atoms with Crippen LogP contribution in [0, 0.1) is 6.92 Å². The first-order valence-electron chi connectivity index (χ1n) is 9.23. The van der Waals surface area contributed by atoms with Crippen LogP contribution in [0.3, 0.4) is 0 Å². The molecule has 1 N–H and O–H groups in total. The highest BCUT2D eigenvalue weighted by molar-refractivity contribution is 7.90. The summed E-state index contributed by atoms with van der Waals surface area (Å²) in [5.74, 6) is 1.03. The molecule has 1 atom stereocenters. The Kier molecular flexibility index (Phi) is 7.60. The van der Waals surface area contributed by atoms with Gasteiger partial charge in [-0.25, -0.2) is 8.42 Å². The highest BCUT2D eigenvalue weighted by Gasteiger charge is 2.20. The maximum Gasteiger partial charge on any atom is 0.238 e. The van der Waals surface area contributed by atoms with E-state index < -0.39 is 9.84 Å². The first-order valence-corrected chi connectivity index (χ1v) is 11.3. The van der Waals surface area contributed by atoms with Gasteiger partial charge < -0.3 is 10.1 Å². The summed E-state index contributed by atoms with van der Waals surface area (Å²) in [6.45, 7) is 6.40. The summed E-state index contributed by atoms with van der Waals surface area (Å²) in [4.78, 5) is 14.4. The predicted molar refractivity (Wildman–Crippen MR) is 113 cm³/mol. The predicted octanol–water partition coefficient (Wildman–Crippen LogP) is 3.48. The van der Waals surface area contributed by atoms with Crippen LogP contribution < -0.4 is 10.1 Å². The molecule has 152 valence electrons. The lowest BCUT2D eigenvalue weighted by Crippen LogP contribution is -2.42. The van der Waals surface area contributed by atoms with Crippen molar-refractivity contribution in [2.45, 2.75) is 26.8 Å². The summed E-state index contributed by atoms with van der Waals surface area (Å²) in [7, 11) is -3.11. The maximum absolute atomic E-state index is 12.5. The summed E-state index contributed by atoms with van der Waals surface area (Å²) in [5, 5.41) is 2.87. The topological polar surface area (TPSA) is 75.7 Å². The molecule has 7 heteroatoms. The number of hydrogen-bond donors (Lipinski definition) is 1. The van der Waals surface area contributed by atoms with Gasteiger partial charge in [0, 0.05) is 12.3 Å². The van der Waals surface area contributed by atoms with Gasteiger partial charge in [-0.15, -0.1) is 0 Å². The van der Waals surface area contributed by atoms with Gasteiger partial charge in [0.05, 0.1) is 18.0 Å². The number of aryl methyl sites for hydroxylation is 1. The number of para-hydroxylation sites is 2. The molecule has 6 nitrogen and oxygen atoms in total. The number of sulfone groups is 1. The number of ether oxygens (including phenoxy) is 1. The zero-order valence-corrected chi connectivity index (χ0v) is 17.6. The summed E-state index contributed by atoms with van der Waals surface area (Å²) < 4.78 is 29.0. The fourth-order valence-corrected chi connectivity index (χ4v) is 3.98. The zero-order chi connectivity index (χ0) is 20.7. The van der Waals surface area contributed by atoms with E-state index >= 15 is 0 Å². The monoisotopic (exact) mass is 404 g/mol. The van der Waals surface area contributed by atoms with Crippen LogP contribution in [0.4, 0.5) is 5.69 Å². The van der Waals surface area contributed by atoms with Gasteiger partial charge in [0.2, 0.25) is 5.91 Å². The Labute approximate surface area is 167 Å². The summed E-state index contributed by atoms with van der Waals surface area (Å²) in [5.41, 5.74) is 1.71. The average molecular weight is 405 g/mol. The Balaban J connectivity index is 2.06. The molecule has 0 saturated heterocycles. The van der Waals surface area contributed by atoms with Crippen molar-refractivity contribution in [1.82, 2.24) is 4.90 Å². The minimum atomic E-state index is -3.11. The Morgan fingerprint density at radius 3 is 2.39 bits per heavy atom. The fourth-order valence-electron chi connectivity index (χ4n) is 2.89. The van der Waals surface area contributed by atoms with Gasteiger partial charge >= 0.3 is 0 Å². The lowest BCUT2D eigenvalue weighted by atomic mass is 10.2. The van der Waals surface area contributed by atoms with Gasteiger partial charge in [-0.1, -0.05) is 36.8 Å². The van der Waals surface area contributed by atoms with Crippen LogP contribution in [0.25, 0.3) is 0 Å². The number of benzene rings is 2. The molecule has 2 aromatic carbocycles. The van der Waals surface area contributed by atoms with Crippen molar-refractivity contribution in [3.8, 4) is 11.5 Å². The van der Waals surface area contributed by atoms with E-state index in [9.17, 15) is 13.2 Å². The number of carbonyl (C=O) groups is 1. The minimum Gasteiger partial charge on any atom is -0.455 e. The van der Waals surface area contributed by atoms with Crippen molar-refractivity contribution in [1.29, 1.82) is 0 Å². The summed E-state index contributed by atoms with van der Waals surface area (Å²) >= 11 is 0. The van der Waals surface area contributed by atoms with Crippen molar-refractivity contribution in [3.63, 3.8) is 0 Å². The van der Waals surface area contributed by atoms with Gasteiger partial charge in [-0.05, 0) is 44.7 Å². The van der Waals surface area contributed by atoms with E-state index in [2.05, 4.69) is 5.32 Å². The molecule has 1 amide bonds. The Morgan fingerprint density at radius 2 is 1.79 bits per heavy atom. The molecule has 0 aliphatic rings. The van der Waals surface area contributed by atoms with E-state index in [0.29, 0.717) is 23.7 Å². The smallest absolute Gasteiger partial charge is 0.238 e. The van der Waals surface area contributed by atoms with E-state index in [-0.39, 0.29) is 24.2 Å². The third-order valence-corrected chi connectivity index (χ3v) is 5.42. The van der Waals surface area contributed by atoms with Gasteiger partial charge in [0.1, 0.15) is 15.6 Å². The standard InChI is InChI=1S/C21H28N2O4S/c1-5-23(17(3)15-28(4,25)26)14-21(24)22-19-8-6-7-9-20(19)27-18-12-10-16(2)11-13-18/h6-13,17H,5,14-15H2,1-4H3,(H,22,24). The number of hydrogen-bond acceptors (Lipinski definition) is 5. The lowest BCUT2D eigenvalue weighted by Gasteiger charge is -2.26. The molecule has 2 aromatic rings. The van der Waals surface area contributed by atoms with Crippen molar-refractivity contribution < 1.29 is 17.9 Å². The molecule has 1 unspecified atom stereocenters. The molecule has 0 bridgehead atoms. The molecule has 0 aliphatic carbocycles. The largest absolute Gasteiger partial charge is 0.455 e. The highest BCUT2D eigenvalue weighted by atomic mass is 32.2. The minimum absolute atomic E-state index is 0.0151. The van der Waals surface area contributed by atoms with E-state index in [1.54, 1.807) is 12.1 Å². The molecule has 0 saturated carbocycles. The third kappa shape index (κ3) is 6.98. The third-order valence-electron chi connectivity index (χ3n) is 4.33. The van der Waals surface area contributed by atoms with E-state index in [0.717, 1.165) is 5.56 Å². The molecule has 28 heavy (non-hydrogen) atoms. The van der Waals surface area contributed by atoms with Crippen molar-refractivity contribution >= 4 is 21.4 Å². The number of anilines is 1. The Morgan fingerprint density at radius 1 is 1.14 bits per heavy atom. The quantitative estimate of drug-likeness (QED) is 0.692. The number of amides is 1. The Bertz CT molecular complexity index is 895. The molecule has 0 radical (unpaired) electrons. The van der Waals surface area contributed by atoms with E-state index in [1.807, 2.05) is 62.1 Å². The summed E-state index contributed by atoms with van der Waals surface area (Å²) in [6.07, 6.45) is 1.20. The maximum atomic E-state index is 12.5. The number of likely N-dealkylation sites (N-methyl/N-ethyl adjacent to an activating group) is 1. The molecular weight excluding hydrogens is 376 g/mol. The molecule has 0 aliphatic heterocycles. The summed E-state index contributed by atoms with van der Waals surface area (Å²) in [6, 6.07) is 14.6. The van der Waals surface area contributed by atoms with Gasteiger partial charge in [-0.3, -0.25) is 9.69 Å². The van der Waals surface area contributed by atoms with Crippen molar-refractivity contribution in [2.24, 2.45) is 0 Å². The van der Waals surface area contributed by atoms with E-state index in [4.69, 9.17) is 4.74 Å². The van der Waals surface area contributed by atoms with Crippen LogP contribution in [0.2, 0.25) is 0 Å². The van der Waals surface area contributed by atoms with Crippen LogP contribution in [-0.2, 0) is 14.6 Å². The second-order valence-electron chi connectivity index (χ2n) is 6.96. The number of rotatable bonds is 9. The molecule has 2 rings (SSSR count). The van der Waals surface area contributed by atoms with Gasteiger partial charge in [-0.2, -0.15) is 0 Å². The average Bonchev–Trinajstić information content (AvgIpc) is 2.61. The van der Waals surface area contributed by atoms with Crippen molar-refractivity contribution in [2.75, 3.05) is 30.4 Å². The number of nitrogens with one attached hydrogen (secondary N) is 1. The molecular formula is C21H28N2O4S. The molecule has 0 spiro atoms. The highest BCUT2D eigenvalue weighted by Crippen LogP contribution is 2.29. The fraction of sp³-hybridized carbons (Fsp3) is 0.381. The number of carbonyl (C=O) groups excluding carboxylic acids is 1. The van der Waals surface area contributed by atoms with Gasteiger partial charge in [0.25, 0.3) is 0 Å². The van der Waals surface area contributed by atoms with Crippen molar-refractivity contribution in [3.05, 3.63) is 54.1 Å². The van der Waals surface area contributed by atoms with Crippen LogP contribution in [0.15, 0.2) is 48.5 Å². The second-order valence-corrected chi connectivity index (χ2v) is 9.15. The molecule has 0 heterocycles. The zero-order valence-electron chi connectivity index (χ0n) is 16.8. The first-order chi connectivity index (χ1) is 13.2. The van der Waals surface area contributed by atoms with Crippen LogP contribution in [0.1, 0.15) is 19.4 Å².